The quantitative estimate of drug-likeness (QED) is 0.764. The molecule has 164 valence electrons. The Morgan fingerprint density at radius 2 is 1.94 bits per heavy atom. The molecule has 1 aromatic heterocycles. The number of carbonyl (C=O) groups is 2. The van der Waals surface area contributed by atoms with Crippen molar-refractivity contribution in [2.24, 2.45) is 5.41 Å². The largest absolute Gasteiger partial charge is 0.490 e. The van der Waals surface area contributed by atoms with Gasteiger partial charge in [-0.25, -0.2) is 4.79 Å². The van der Waals surface area contributed by atoms with Gasteiger partial charge in [-0.05, 0) is 56.2 Å². The fourth-order valence-corrected chi connectivity index (χ4v) is 4.35. The van der Waals surface area contributed by atoms with Crippen molar-refractivity contribution in [3.8, 4) is 17.2 Å². The Morgan fingerprint density at radius 1 is 1.16 bits per heavy atom. The predicted molar refractivity (Wildman–Crippen MR) is 111 cm³/mol. The summed E-state index contributed by atoms with van der Waals surface area (Å²) in [6, 6.07) is 4.73. The molecule has 3 heterocycles. The van der Waals surface area contributed by atoms with Crippen molar-refractivity contribution in [1.29, 1.82) is 0 Å². The van der Waals surface area contributed by atoms with Gasteiger partial charge >= 0.3 is 12.1 Å². The molecule has 1 aromatic carbocycles. The Balaban J connectivity index is 1.25. The van der Waals surface area contributed by atoms with Gasteiger partial charge < -0.3 is 24.5 Å². The molecule has 5 rings (SSSR count). The van der Waals surface area contributed by atoms with E-state index in [9.17, 15) is 14.7 Å². The molecule has 3 aliphatic rings. The van der Waals surface area contributed by atoms with E-state index >= 15 is 0 Å². The van der Waals surface area contributed by atoms with Gasteiger partial charge in [-0.15, -0.1) is 5.10 Å². The van der Waals surface area contributed by atoms with Gasteiger partial charge in [0.05, 0.1) is 12.2 Å². The van der Waals surface area contributed by atoms with E-state index < -0.39 is 12.1 Å². The zero-order valence-corrected chi connectivity index (χ0v) is 17.3. The molecular formula is C21H25N5O5. The Morgan fingerprint density at radius 3 is 2.65 bits per heavy atom. The van der Waals surface area contributed by atoms with Crippen LogP contribution in [-0.2, 0) is 4.79 Å². The van der Waals surface area contributed by atoms with Gasteiger partial charge in [0.2, 0.25) is 11.8 Å². The summed E-state index contributed by atoms with van der Waals surface area (Å²) in [5.41, 5.74) is 1.61. The summed E-state index contributed by atoms with van der Waals surface area (Å²) in [5, 5.41) is 20.4. The van der Waals surface area contributed by atoms with Crippen molar-refractivity contribution in [2.45, 2.75) is 38.6 Å². The highest BCUT2D eigenvalue weighted by atomic mass is 16.5. The van der Waals surface area contributed by atoms with Crippen molar-refractivity contribution >= 4 is 23.7 Å². The predicted octanol–water partition coefficient (Wildman–Crippen LogP) is 2.82. The standard InChI is InChI=1S/C21H25N5O5/c1-13(18(27)25-8-6-21(4-5-21)7-9-25)22-19-24-23-17(31-19)14-2-3-15-16(12-14)30-11-10-26(15)20(28)29/h2-3,12-13H,4-11H2,1H3,(H,22,24)(H,28,29)/t13-/m1/s1. The lowest BCUT2D eigenvalue weighted by Gasteiger charge is -2.33. The second kappa shape index (κ2) is 7.44. The number of nitrogens with zero attached hydrogens (tertiary/aromatic N) is 4. The van der Waals surface area contributed by atoms with Crippen molar-refractivity contribution in [3.05, 3.63) is 18.2 Å². The molecule has 10 nitrogen and oxygen atoms in total. The van der Waals surface area contributed by atoms with Gasteiger partial charge in [0.15, 0.2) is 0 Å². The fraction of sp³-hybridized carbons (Fsp3) is 0.524. The van der Waals surface area contributed by atoms with Gasteiger partial charge in [0, 0.05) is 18.7 Å². The third-order valence-corrected chi connectivity index (χ3v) is 6.53. The first-order valence-corrected chi connectivity index (χ1v) is 10.6. The van der Waals surface area contributed by atoms with Gasteiger partial charge in [-0.3, -0.25) is 9.69 Å². The van der Waals surface area contributed by atoms with Gasteiger partial charge in [-0.2, -0.15) is 0 Å². The minimum atomic E-state index is -1.03. The first-order chi connectivity index (χ1) is 14.9. The number of anilines is 2. The third-order valence-electron chi connectivity index (χ3n) is 6.53. The molecule has 1 aliphatic carbocycles. The maximum Gasteiger partial charge on any atom is 0.412 e. The number of rotatable bonds is 4. The van der Waals surface area contributed by atoms with Crippen LogP contribution in [0.25, 0.3) is 11.5 Å². The first-order valence-electron chi connectivity index (χ1n) is 10.6. The van der Waals surface area contributed by atoms with E-state index in [-0.39, 0.29) is 31.0 Å². The number of nitrogens with one attached hydrogen (secondary N) is 1. The number of ether oxygens (including phenoxy) is 1. The van der Waals surface area contributed by atoms with Crippen molar-refractivity contribution in [3.63, 3.8) is 0 Å². The summed E-state index contributed by atoms with van der Waals surface area (Å²) in [7, 11) is 0. The lowest BCUT2D eigenvalue weighted by molar-refractivity contribution is -0.133. The van der Waals surface area contributed by atoms with E-state index in [1.165, 1.54) is 17.7 Å². The second-order valence-electron chi connectivity index (χ2n) is 8.57. The van der Waals surface area contributed by atoms with Crippen LogP contribution in [0, 0.1) is 5.41 Å². The number of hydrogen-bond donors (Lipinski definition) is 2. The number of carbonyl (C=O) groups excluding carboxylic acids is 1. The highest BCUT2D eigenvalue weighted by molar-refractivity contribution is 5.89. The normalized spacial score (nSPS) is 20.0. The highest BCUT2D eigenvalue weighted by Gasteiger charge is 2.45. The van der Waals surface area contributed by atoms with Crippen LogP contribution in [0.15, 0.2) is 22.6 Å². The smallest absolute Gasteiger partial charge is 0.412 e. The highest BCUT2D eigenvalue weighted by Crippen LogP contribution is 2.53. The van der Waals surface area contributed by atoms with Crippen LogP contribution in [0.1, 0.15) is 32.6 Å². The van der Waals surface area contributed by atoms with Crippen LogP contribution in [0.4, 0.5) is 16.5 Å². The summed E-state index contributed by atoms with van der Waals surface area (Å²) in [6.45, 7) is 3.96. The minimum absolute atomic E-state index is 0.0335. The molecule has 2 amide bonds. The Bertz CT molecular complexity index is 1010. The van der Waals surface area contributed by atoms with Crippen LogP contribution in [0.2, 0.25) is 0 Å². The number of benzene rings is 1. The molecular weight excluding hydrogens is 402 g/mol. The number of amides is 2. The number of carboxylic acid groups (broad SMARTS) is 1. The Hall–Kier alpha value is -3.30. The molecule has 0 radical (unpaired) electrons. The molecule has 0 unspecified atom stereocenters. The van der Waals surface area contributed by atoms with Crippen LogP contribution in [0.3, 0.4) is 0 Å². The Labute approximate surface area is 179 Å². The maximum absolute atomic E-state index is 12.8. The Kier molecular flexibility index (Phi) is 4.71. The number of aromatic nitrogens is 2. The molecule has 2 N–H and O–H groups in total. The van der Waals surface area contributed by atoms with E-state index in [2.05, 4.69) is 15.5 Å². The zero-order valence-electron chi connectivity index (χ0n) is 17.3. The number of piperidine rings is 1. The molecule has 0 bridgehead atoms. The molecule has 1 saturated heterocycles. The monoisotopic (exact) mass is 427 g/mol. The van der Waals surface area contributed by atoms with Gasteiger partial charge in [0.25, 0.3) is 0 Å². The van der Waals surface area contributed by atoms with Crippen LogP contribution in [0.5, 0.6) is 5.75 Å². The second-order valence-corrected chi connectivity index (χ2v) is 8.57. The average Bonchev–Trinajstić information content (AvgIpc) is 3.36. The summed E-state index contributed by atoms with van der Waals surface area (Å²) in [4.78, 5) is 27.3. The third kappa shape index (κ3) is 3.77. The first kappa shape index (κ1) is 19.7. The van der Waals surface area contributed by atoms with E-state index in [1.54, 1.807) is 25.1 Å². The van der Waals surface area contributed by atoms with Gasteiger partial charge in [0.1, 0.15) is 18.4 Å². The van der Waals surface area contributed by atoms with Crippen LogP contribution >= 0.6 is 0 Å². The molecule has 1 saturated carbocycles. The maximum atomic E-state index is 12.8. The number of likely N-dealkylation sites (tertiary alicyclic amines) is 1. The molecule has 2 aliphatic heterocycles. The van der Waals surface area contributed by atoms with E-state index in [4.69, 9.17) is 9.15 Å². The van der Waals surface area contributed by atoms with Crippen molar-refractivity contribution in [1.82, 2.24) is 15.1 Å². The van der Waals surface area contributed by atoms with E-state index in [0.29, 0.717) is 22.4 Å². The minimum Gasteiger partial charge on any atom is -0.490 e. The lowest BCUT2D eigenvalue weighted by Crippen LogP contribution is -2.45. The summed E-state index contributed by atoms with van der Waals surface area (Å²) >= 11 is 0. The van der Waals surface area contributed by atoms with E-state index in [1.807, 2.05) is 4.90 Å². The van der Waals surface area contributed by atoms with Crippen LogP contribution in [-0.4, -0.2) is 64.5 Å². The lowest BCUT2D eigenvalue weighted by atomic mass is 9.93. The van der Waals surface area contributed by atoms with Crippen molar-refractivity contribution in [2.75, 3.05) is 36.5 Å². The number of fused-ring (bicyclic) bond motifs is 1. The fourth-order valence-electron chi connectivity index (χ4n) is 4.35. The summed E-state index contributed by atoms with van der Waals surface area (Å²) in [5.74, 6) is 0.738. The summed E-state index contributed by atoms with van der Waals surface area (Å²) in [6.07, 6.45) is 3.76. The topological polar surface area (TPSA) is 121 Å². The average molecular weight is 427 g/mol. The SMILES string of the molecule is C[C@@H](Nc1nnc(-c2ccc3c(c2)OCCN3C(=O)O)o1)C(=O)N1CCC2(CC1)CC2. The molecule has 10 heteroatoms. The zero-order chi connectivity index (χ0) is 21.6. The molecule has 1 spiro atoms. The van der Waals surface area contributed by atoms with E-state index in [0.717, 1.165) is 25.9 Å². The van der Waals surface area contributed by atoms with Crippen molar-refractivity contribution < 1.29 is 23.8 Å². The molecule has 1 atom stereocenters. The molecule has 31 heavy (non-hydrogen) atoms. The molecule has 2 aromatic rings. The molecule has 2 fully saturated rings. The number of hydrogen-bond acceptors (Lipinski definition) is 7. The van der Waals surface area contributed by atoms with Gasteiger partial charge in [-0.1, -0.05) is 5.10 Å². The van der Waals surface area contributed by atoms with Crippen LogP contribution < -0.4 is 15.0 Å². The summed E-state index contributed by atoms with van der Waals surface area (Å²) < 4.78 is 11.3.